The van der Waals surface area contributed by atoms with Crippen molar-refractivity contribution in [1.29, 1.82) is 0 Å². The Morgan fingerprint density at radius 3 is 2.58 bits per heavy atom. The van der Waals surface area contributed by atoms with Crippen molar-refractivity contribution in [3.8, 4) is 0 Å². The van der Waals surface area contributed by atoms with Crippen LogP contribution in [-0.2, 0) is 6.54 Å². The van der Waals surface area contributed by atoms with E-state index in [1.807, 2.05) is 20.8 Å². The summed E-state index contributed by atoms with van der Waals surface area (Å²) in [5, 5.41) is 13.4. The number of amides is 1. The van der Waals surface area contributed by atoms with E-state index in [0.717, 1.165) is 0 Å². The van der Waals surface area contributed by atoms with E-state index in [4.69, 9.17) is 23.2 Å². The molecule has 0 aliphatic carbocycles. The number of imidazole rings is 1. The highest BCUT2D eigenvalue weighted by atomic mass is 35.5. The van der Waals surface area contributed by atoms with Crippen LogP contribution >= 0.6 is 23.2 Å². The molecule has 0 fully saturated rings. The summed E-state index contributed by atoms with van der Waals surface area (Å²) in [7, 11) is 0. The maximum Gasteiger partial charge on any atom is 0.407 e. The number of H-pyrrole nitrogens is 1. The minimum absolute atomic E-state index is 0.160. The fourth-order valence-corrected chi connectivity index (χ4v) is 3.69. The second-order valence-corrected chi connectivity index (χ2v) is 8.85. The van der Waals surface area contributed by atoms with Crippen LogP contribution in [-0.4, -0.2) is 54.2 Å². The largest absolute Gasteiger partial charge is 0.465 e. The van der Waals surface area contributed by atoms with Gasteiger partial charge in [-0.3, -0.25) is 4.57 Å². The molecule has 0 aliphatic heterocycles. The summed E-state index contributed by atoms with van der Waals surface area (Å²) in [5.41, 5.74) is 0.698. The zero-order chi connectivity index (χ0) is 22.8. The van der Waals surface area contributed by atoms with Gasteiger partial charge in [-0.2, -0.15) is 4.98 Å². The number of fused-ring (bicyclic) bond motifs is 1. The van der Waals surface area contributed by atoms with Gasteiger partial charge in [-0.1, -0.05) is 29.3 Å². The van der Waals surface area contributed by atoms with Crippen LogP contribution in [0.15, 0.2) is 29.2 Å². The molecule has 1 amide bonds. The molecule has 3 N–H and O–H groups in total. The van der Waals surface area contributed by atoms with Gasteiger partial charge in [-0.25, -0.2) is 14.6 Å². The predicted molar refractivity (Wildman–Crippen MR) is 121 cm³/mol. The fraction of sp³-hybridized carbons (Fsp3) is 0.400. The topological polar surface area (TPSA) is 116 Å². The first-order valence-corrected chi connectivity index (χ1v) is 10.5. The molecular formula is C20H24Cl2N6O3. The van der Waals surface area contributed by atoms with E-state index in [0.29, 0.717) is 52.2 Å². The van der Waals surface area contributed by atoms with Crippen molar-refractivity contribution in [2.45, 2.75) is 39.3 Å². The number of nitrogens with one attached hydrogen (secondary N) is 2. The van der Waals surface area contributed by atoms with Crippen LogP contribution in [0.25, 0.3) is 11.2 Å². The summed E-state index contributed by atoms with van der Waals surface area (Å²) in [6.45, 7) is 6.54. The van der Waals surface area contributed by atoms with Crippen LogP contribution in [0.5, 0.6) is 0 Å². The average molecular weight is 467 g/mol. The molecular weight excluding hydrogens is 443 g/mol. The lowest BCUT2D eigenvalue weighted by atomic mass is 10.1. The van der Waals surface area contributed by atoms with E-state index in [9.17, 15) is 14.7 Å². The molecule has 3 rings (SSSR count). The molecule has 1 aromatic carbocycles. The summed E-state index contributed by atoms with van der Waals surface area (Å²) in [6.07, 6.45) is 1.13. The second-order valence-electron chi connectivity index (χ2n) is 8.03. The molecule has 9 nitrogen and oxygen atoms in total. The molecule has 0 bridgehead atoms. The average Bonchev–Trinajstić information content (AvgIpc) is 2.98. The van der Waals surface area contributed by atoms with Gasteiger partial charge < -0.3 is 20.3 Å². The number of hydrogen-bond donors (Lipinski definition) is 3. The quantitative estimate of drug-likeness (QED) is 0.452. The van der Waals surface area contributed by atoms with Crippen molar-refractivity contribution in [2.75, 3.05) is 18.4 Å². The smallest absolute Gasteiger partial charge is 0.407 e. The third-order valence-electron chi connectivity index (χ3n) is 4.77. The number of hydrogen-bond acceptors (Lipinski definition) is 5. The van der Waals surface area contributed by atoms with Gasteiger partial charge in [0.15, 0.2) is 5.65 Å². The molecule has 0 radical (unpaired) electrons. The Labute approximate surface area is 189 Å². The van der Waals surface area contributed by atoms with Gasteiger partial charge in [-0.05, 0) is 39.3 Å². The summed E-state index contributed by atoms with van der Waals surface area (Å²) < 4.78 is 1.45. The molecule has 3 aromatic rings. The Hall–Kier alpha value is -2.78. The normalized spacial score (nSPS) is 11.6. The zero-order valence-electron chi connectivity index (χ0n) is 17.4. The number of carbonyl (C=O) groups is 1. The maximum atomic E-state index is 12.4. The monoisotopic (exact) mass is 466 g/mol. The summed E-state index contributed by atoms with van der Waals surface area (Å²) in [5.74, 6) is 0.336. The molecule has 0 unspecified atom stereocenters. The number of halogens is 2. The van der Waals surface area contributed by atoms with Crippen LogP contribution in [0.2, 0.25) is 10.0 Å². The SMILES string of the molecule is CC(C)(C)N(CCCNc1ncc2[nH]c(=O)n(Cc3c(Cl)cccc3Cl)c2n1)C(=O)O. The molecule has 0 atom stereocenters. The van der Waals surface area contributed by atoms with E-state index >= 15 is 0 Å². The standard InChI is InChI=1S/C20H24Cl2N6O3/c1-20(2,3)28(19(30)31)9-5-8-23-17-24-10-15-16(26-17)27(18(29)25-15)11-12-13(21)6-4-7-14(12)22/h4,6-7,10H,5,8-9,11H2,1-3H3,(H,25,29)(H,30,31)(H,23,24,26). The second kappa shape index (κ2) is 9.15. The van der Waals surface area contributed by atoms with E-state index in [-0.39, 0.29) is 12.2 Å². The van der Waals surface area contributed by atoms with E-state index < -0.39 is 11.6 Å². The van der Waals surface area contributed by atoms with Crippen LogP contribution in [0.4, 0.5) is 10.7 Å². The number of nitrogens with zero attached hydrogens (tertiary/aromatic N) is 4. The van der Waals surface area contributed by atoms with Crippen LogP contribution in [0.1, 0.15) is 32.8 Å². The van der Waals surface area contributed by atoms with Gasteiger partial charge in [0.05, 0.1) is 12.7 Å². The van der Waals surface area contributed by atoms with Gasteiger partial charge in [0.25, 0.3) is 0 Å². The molecule has 11 heteroatoms. The first kappa shape index (κ1) is 22.9. The number of benzene rings is 1. The van der Waals surface area contributed by atoms with E-state index in [1.165, 1.54) is 15.7 Å². The van der Waals surface area contributed by atoms with Crippen molar-refractivity contribution < 1.29 is 9.90 Å². The van der Waals surface area contributed by atoms with Crippen molar-refractivity contribution in [3.05, 3.63) is 50.5 Å². The highest BCUT2D eigenvalue weighted by Gasteiger charge is 2.25. The number of rotatable bonds is 7. The summed E-state index contributed by atoms with van der Waals surface area (Å²) in [6, 6.07) is 5.16. The van der Waals surface area contributed by atoms with Gasteiger partial charge >= 0.3 is 11.8 Å². The third kappa shape index (κ3) is 5.29. The lowest BCUT2D eigenvalue weighted by Crippen LogP contribution is -2.45. The Kier molecular flexibility index (Phi) is 6.76. The number of anilines is 1. The minimum Gasteiger partial charge on any atom is -0.465 e. The first-order valence-electron chi connectivity index (χ1n) is 9.71. The first-order chi connectivity index (χ1) is 14.6. The lowest BCUT2D eigenvalue weighted by Gasteiger charge is -2.33. The highest BCUT2D eigenvalue weighted by Crippen LogP contribution is 2.25. The molecule has 0 saturated heterocycles. The lowest BCUT2D eigenvalue weighted by molar-refractivity contribution is 0.100. The third-order valence-corrected chi connectivity index (χ3v) is 5.48. The zero-order valence-corrected chi connectivity index (χ0v) is 19.0. The van der Waals surface area contributed by atoms with Crippen molar-refractivity contribution in [1.82, 2.24) is 24.4 Å². The predicted octanol–water partition coefficient (Wildman–Crippen LogP) is 4.06. The van der Waals surface area contributed by atoms with E-state index in [2.05, 4.69) is 20.3 Å². The highest BCUT2D eigenvalue weighted by molar-refractivity contribution is 6.36. The summed E-state index contributed by atoms with van der Waals surface area (Å²) in [4.78, 5) is 36.6. The Balaban J connectivity index is 1.75. The Morgan fingerprint density at radius 1 is 1.29 bits per heavy atom. The molecule has 31 heavy (non-hydrogen) atoms. The maximum absolute atomic E-state index is 12.4. The van der Waals surface area contributed by atoms with Crippen LogP contribution in [0.3, 0.4) is 0 Å². The minimum atomic E-state index is -0.959. The molecule has 2 aromatic heterocycles. The Morgan fingerprint density at radius 2 is 1.97 bits per heavy atom. The van der Waals surface area contributed by atoms with Gasteiger partial charge in [0, 0.05) is 34.2 Å². The molecule has 0 spiro atoms. The number of carboxylic acid groups (broad SMARTS) is 1. The number of aromatic amines is 1. The van der Waals surface area contributed by atoms with Crippen molar-refractivity contribution >= 4 is 46.4 Å². The van der Waals surface area contributed by atoms with Gasteiger partial charge in [-0.15, -0.1) is 0 Å². The summed E-state index contributed by atoms with van der Waals surface area (Å²) >= 11 is 12.5. The van der Waals surface area contributed by atoms with Crippen molar-refractivity contribution in [3.63, 3.8) is 0 Å². The van der Waals surface area contributed by atoms with Crippen LogP contribution < -0.4 is 11.0 Å². The Bertz CT molecular complexity index is 1130. The van der Waals surface area contributed by atoms with Crippen LogP contribution in [0, 0.1) is 0 Å². The van der Waals surface area contributed by atoms with E-state index in [1.54, 1.807) is 18.2 Å². The molecule has 2 heterocycles. The van der Waals surface area contributed by atoms with Gasteiger partial charge in [0.1, 0.15) is 5.52 Å². The molecule has 166 valence electrons. The van der Waals surface area contributed by atoms with Crippen molar-refractivity contribution in [2.24, 2.45) is 0 Å². The fourth-order valence-electron chi connectivity index (χ4n) is 3.17. The number of aromatic nitrogens is 4. The molecule has 0 saturated carbocycles. The van der Waals surface area contributed by atoms with Gasteiger partial charge in [0.2, 0.25) is 5.95 Å². The molecule has 0 aliphatic rings.